The maximum absolute atomic E-state index is 13.7. The number of amides is 2. The number of carbonyl (C=O) groups excluding carboxylic acids is 2. The van der Waals surface area contributed by atoms with Gasteiger partial charge in [0.1, 0.15) is 11.7 Å². The van der Waals surface area contributed by atoms with Crippen molar-refractivity contribution in [3.63, 3.8) is 0 Å². The second kappa shape index (κ2) is 8.27. The van der Waals surface area contributed by atoms with Gasteiger partial charge in [-0.1, -0.05) is 42.5 Å². The molecule has 0 radical (unpaired) electrons. The van der Waals surface area contributed by atoms with E-state index in [1.54, 1.807) is 41.5 Å². The summed E-state index contributed by atoms with van der Waals surface area (Å²) in [4.78, 5) is 45.4. The Balaban J connectivity index is 1.64. The lowest BCUT2D eigenvalue weighted by Crippen LogP contribution is -2.37. The molecule has 5 rings (SSSR count). The molecule has 2 fully saturated rings. The van der Waals surface area contributed by atoms with Crippen LogP contribution in [0.3, 0.4) is 0 Å². The molecule has 0 bridgehead atoms. The van der Waals surface area contributed by atoms with Gasteiger partial charge >= 0.3 is 0 Å². The lowest BCUT2D eigenvalue weighted by Gasteiger charge is -2.30. The number of nitro groups is 1. The molecule has 2 aliphatic rings. The van der Waals surface area contributed by atoms with Crippen LogP contribution in [0.1, 0.15) is 17.2 Å². The molecular formula is C25H21N3O6. The van der Waals surface area contributed by atoms with Gasteiger partial charge in [-0.2, -0.15) is 0 Å². The number of hydrogen-bond acceptors (Lipinski definition) is 7. The normalized spacial score (nSPS) is 21.6. The monoisotopic (exact) mass is 459 g/mol. The van der Waals surface area contributed by atoms with Gasteiger partial charge in [-0.25, -0.2) is 9.96 Å². The number of rotatable bonds is 5. The van der Waals surface area contributed by atoms with Crippen LogP contribution in [-0.4, -0.2) is 30.0 Å². The number of ether oxygens (including phenoxy) is 1. The van der Waals surface area contributed by atoms with Gasteiger partial charge in [0.05, 0.1) is 29.4 Å². The Hall–Kier alpha value is -4.24. The lowest BCUT2D eigenvalue weighted by atomic mass is 9.90. The molecule has 0 N–H and O–H groups in total. The quantitative estimate of drug-likeness (QED) is 0.323. The van der Waals surface area contributed by atoms with E-state index in [-0.39, 0.29) is 5.69 Å². The first-order valence-electron chi connectivity index (χ1n) is 10.7. The number of hydrogen-bond donors (Lipinski definition) is 0. The second-order valence-corrected chi connectivity index (χ2v) is 8.14. The minimum absolute atomic E-state index is 0.107. The largest absolute Gasteiger partial charge is 0.495 e. The van der Waals surface area contributed by atoms with Crippen molar-refractivity contribution in [1.29, 1.82) is 0 Å². The van der Waals surface area contributed by atoms with Crippen molar-refractivity contribution in [2.75, 3.05) is 17.1 Å². The zero-order valence-corrected chi connectivity index (χ0v) is 18.5. The molecule has 0 aliphatic carbocycles. The Morgan fingerprint density at radius 1 is 0.941 bits per heavy atom. The Morgan fingerprint density at radius 3 is 2.35 bits per heavy atom. The molecular weight excluding hydrogens is 438 g/mol. The maximum atomic E-state index is 13.7. The third-order valence-corrected chi connectivity index (χ3v) is 6.22. The molecule has 2 amide bonds. The molecule has 172 valence electrons. The summed E-state index contributed by atoms with van der Waals surface area (Å²) in [6.45, 7) is 1.89. The number of para-hydroxylation sites is 3. The Bertz CT molecular complexity index is 1310. The fourth-order valence-electron chi connectivity index (χ4n) is 4.65. The molecule has 2 heterocycles. The summed E-state index contributed by atoms with van der Waals surface area (Å²) in [6.07, 6.45) is -1.08. The van der Waals surface area contributed by atoms with Gasteiger partial charge in [-0.3, -0.25) is 24.5 Å². The van der Waals surface area contributed by atoms with E-state index < -0.39 is 34.8 Å². The zero-order valence-electron chi connectivity index (χ0n) is 18.5. The number of nitro benzene ring substituents is 1. The summed E-state index contributed by atoms with van der Waals surface area (Å²) in [5.74, 6) is -1.48. The van der Waals surface area contributed by atoms with Crippen LogP contribution in [0.2, 0.25) is 0 Å². The topological polar surface area (TPSA) is 102 Å². The number of anilines is 2. The highest BCUT2D eigenvalue weighted by atomic mass is 16.7. The lowest BCUT2D eigenvalue weighted by molar-refractivity contribution is -0.384. The van der Waals surface area contributed by atoms with Crippen LogP contribution in [0, 0.1) is 23.0 Å². The zero-order chi connectivity index (χ0) is 24.0. The highest BCUT2D eigenvalue weighted by Crippen LogP contribution is 2.49. The number of imide groups is 1. The number of carbonyl (C=O) groups is 2. The van der Waals surface area contributed by atoms with Crippen molar-refractivity contribution < 1.29 is 24.1 Å². The van der Waals surface area contributed by atoms with Crippen molar-refractivity contribution in [2.24, 2.45) is 5.92 Å². The molecule has 3 atom stereocenters. The van der Waals surface area contributed by atoms with Gasteiger partial charge in [-0.15, -0.1) is 0 Å². The average molecular weight is 459 g/mol. The van der Waals surface area contributed by atoms with Gasteiger partial charge in [0.25, 0.3) is 11.6 Å². The minimum atomic E-state index is -1.08. The van der Waals surface area contributed by atoms with Gasteiger partial charge in [0, 0.05) is 12.1 Å². The van der Waals surface area contributed by atoms with Crippen molar-refractivity contribution in [1.82, 2.24) is 0 Å². The number of methoxy groups -OCH3 is 1. The predicted molar refractivity (Wildman–Crippen MR) is 123 cm³/mol. The molecule has 0 aromatic heterocycles. The molecule has 3 unspecified atom stereocenters. The number of nitrogens with zero attached hydrogens (tertiary/aromatic N) is 3. The predicted octanol–water partition coefficient (Wildman–Crippen LogP) is 3.96. The molecule has 3 aromatic carbocycles. The third-order valence-electron chi connectivity index (χ3n) is 6.22. The van der Waals surface area contributed by atoms with E-state index in [4.69, 9.17) is 9.57 Å². The number of aryl methyl sites for hydroxylation is 1. The van der Waals surface area contributed by atoms with Crippen LogP contribution in [0.4, 0.5) is 17.1 Å². The Labute approximate surface area is 195 Å². The summed E-state index contributed by atoms with van der Waals surface area (Å²) >= 11 is 0. The van der Waals surface area contributed by atoms with Gasteiger partial charge < -0.3 is 4.74 Å². The fourth-order valence-corrected chi connectivity index (χ4v) is 4.65. The maximum Gasteiger partial charge on any atom is 0.269 e. The molecule has 0 spiro atoms. The van der Waals surface area contributed by atoms with E-state index in [1.807, 2.05) is 31.2 Å². The first kappa shape index (κ1) is 21.6. The molecule has 2 aliphatic heterocycles. The van der Waals surface area contributed by atoms with E-state index in [1.165, 1.54) is 19.2 Å². The molecule has 3 aromatic rings. The standard InChI is InChI=1S/C25H21N3O6/c1-15-8-3-4-11-18(15)27-22(16-9-7-10-17(14-16)28(31)32)21-23(34-27)25(30)26(24(21)29)19-12-5-6-13-20(19)33-2/h3-14,21-23H,1-2H3. The molecule has 9 heteroatoms. The number of hydroxylamine groups is 1. The fraction of sp³-hybridized carbons (Fsp3) is 0.200. The summed E-state index contributed by atoms with van der Waals surface area (Å²) in [5, 5.41) is 13.0. The second-order valence-electron chi connectivity index (χ2n) is 8.14. The first-order valence-corrected chi connectivity index (χ1v) is 10.7. The summed E-state index contributed by atoms with van der Waals surface area (Å²) in [6, 6.07) is 19.5. The van der Waals surface area contributed by atoms with Crippen molar-refractivity contribution in [3.8, 4) is 5.75 Å². The van der Waals surface area contributed by atoms with Crippen molar-refractivity contribution >= 4 is 28.9 Å². The van der Waals surface area contributed by atoms with Crippen molar-refractivity contribution in [3.05, 3.63) is 94.0 Å². The Morgan fingerprint density at radius 2 is 1.65 bits per heavy atom. The molecule has 9 nitrogen and oxygen atoms in total. The summed E-state index contributed by atoms with van der Waals surface area (Å²) in [5.41, 5.74) is 2.28. The Kier molecular flexibility index (Phi) is 5.25. The van der Waals surface area contributed by atoms with Crippen LogP contribution in [0.5, 0.6) is 5.75 Å². The van der Waals surface area contributed by atoms with Crippen molar-refractivity contribution in [2.45, 2.75) is 19.1 Å². The third kappa shape index (κ3) is 3.29. The van der Waals surface area contributed by atoms with E-state index in [2.05, 4.69) is 0 Å². The van der Waals surface area contributed by atoms with Crippen LogP contribution >= 0.6 is 0 Å². The number of benzene rings is 3. The highest BCUT2D eigenvalue weighted by molar-refractivity contribution is 6.24. The van der Waals surface area contributed by atoms with Crippen LogP contribution in [-0.2, 0) is 14.4 Å². The smallest absolute Gasteiger partial charge is 0.269 e. The van der Waals surface area contributed by atoms with E-state index in [9.17, 15) is 19.7 Å². The molecule has 34 heavy (non-hydrogen) atoms. The van der Waals surface area contributed by atoms with Crippen LogP contribution in [0.25, 0.3) is 0 Å². The minimum Gasteiger partial charge on any atom is -0.495 e. The summed E-state index contributed by atoms with van der Waals surface area (Å²) < 4.78 is 5.36. The van der Waals surface area contributed by atoms with Crippen LogP contribution < -0.4 is 14.7 Å². The molecule has 2 saturated heterocycles. The van der Waals surface area contributed by atoms with E-state index in [0.29, 0.717) is 22.7 Å². The van der Waals surface area contributed by atoms with E-state index in [0.717, 1.165) is 10.5 Å². The molecule has 0 saturated carbocycles. The first-order chi connectivity index (χ1) is 16.4. The van der Waals surface area contributed by atoms with Crippen LogP contribution in [0.15, 0.2) is 72.8 Å². The van der Waals surface area contributed by atoms with Gasteiger partial charge in [0.15, 0.2) is 6.10 Å². The van der Waals surface area contributed by atoms with Gasteiger partial charge in [-0.05, 0) is 36.2 Å². The average Bonchev–Trinajstić information content (AvgIpc) is 3.35. The summed E-state index contributed by atoms with van der Waals surface area (Å²) in [7, 11) is 1.47. The van der Waals surface area contributed by atoms with Gasteiger partial charge in [0.2, 0.25) is 5.91 Å². The number of non-ortho nitro benzene ring substituents is 1. The van der Waals surface area contributed by atoms with E-state index >= 15 is 0 Å². The SMILES string of the molecule is COc1ccccc1N1C(=O)C2ON(c3ccccc3C)C(c3cccc([N+](=O)[O-])c3)C2C1=O. The highest BCUT2D eigenvalue weighted by Gasteiger charge is 2.60. The number of fused-ring (bicyclic) bond motifs is 1.